The minimum Gasteiger partial charge on any atom is -0.387 e. The highest BCUT2D eigenvalue weighted by atomic mass is 16.6. The van der Waals surface area contributed by atoms with Gasteiger partial charge in [-0.3, -0.25) is 15.1 Å². The lowest BCUT2D eigenvalue weighted by Crippen LogP contribution is -2.69. The van der Waals surface area contributed by atoms with Gasteiger partial charge in [-0.1, -0.05) is 25.1 Å². The van der Waals surface area contributed by atoms with Crippen LogP contribution in [-0.2, 0) is 4.74 Å². The molecule has 1 aromatic rings. The number of aliphatic hydroxyl groups excluding tert-OH is 2. The summed E-state index contributed by atoms with van der Waals surface area (Å²) >= 11 is 0. The molecule has 3 unspecified atom stereocenters. The molecule has 3 saturated heterocycles. The van der Waals surface area contributed by atoms with E-state index in [0.717, 1.165) is 31.7 Å². The predicted octanol–water partition coefficient (Wildman–Crippen LogP) is -1.07. The molecule has 33 heavy (non-hydrogen) atoms. The number of ether oxygens (including phenoxy) is 1. The maximum atomic E-state index is 10.9. The van der Waals surface area contributed by atoms with Crippen molar-refractivity contribution in [3.63, 3.8) is 0 Å². The summed E-state index contributed by atoms with van der Waals surface area (Å²) in [4.78, 5) is 8.69. The molecule has 4 rings (SSSR count). The normalized spacial score (nSPS) is 35.9. The van der Waals surface area contributed by atoms with Gasteiger partial charge in [-0.05, 0) is 32.6 Å². The van der Waals surface area contributed by atoms with Gasteiger partial charge in [0.25, 0.3) is 0 Å². The fourth-order valence-electron chi connectivity index (χ4n) is 5.35. The number of rotatable bonds is 9. The third kappa shape index (κ3) is 5.34. The van der Waals surface area contributed by atoms with Gasteiger partial charge < -0.3 is 30.9 Å². The van der Waals surface area contributed by atoms with Gasteiger partial charge in [-0.2, -0.15) is 0 Å². The molecule has 0 aliphatic carbocycles. The Kier molecular flexibility index (Phi) is 8.21. The molecule has 0 aromatic heterocycles. The zero-order valence-corrected chi connectivity index (χ0v) is 20.0. The zero-order valence-electron chi connectivity index (χ0n) is 20.0. The summed E-state index contributed by atoms with van der Waals surface area (Å²) in [6.45, 7) is 6.54. The van der Waals surface area contributed by atoms with E-state index < -0.39 is 24.5 Å². The third-order valence-corrected chi connectivity index (χ3v) is 7.11. The fraction of sp³-hybridized carbons (Fsp3) is 0.739. The minimum absolute atomic E-state index is 0.0310. The van der Waals surface area contributed by atoms with E-state index in [1.807, 2.05) is 37.4 Å². The molecular weight excluding hydrogens is 422 g/mol. The second kappa shape index (κ2) is 10.9. The number of nitrogens with zero attached hydrogens (tertiary/aromatic N) is 4. The van der Waals surface area contributed by atoms with E-state index in [0.29, 0.717) is 19.9 Å². The number of fused-ring (bicyclic) bond motifs is 1. The van der Waals surface area contributed by atoms with E-state index in [-0.39, 0.29) is 18.4 Å². The predicted molar refractivity (Wildman–Crippen MR) is 128 cm³/mol. The first-order valence-electron chi connectivity index (χ1n) is 12.1. The number of aliphatic hydroxyl groups is 2. The first-order valence-corrected chi connectivity index (χ1v) is 12.1. The summed E-state index contributed by atoms with van der Waals surface area (Å²) in [5.74, 6) is 0. The molecule has 0 radical (unpaired) electrons. The van der Waals surface area contributed by atoms with Crippen LogP contribution in [0.25, 0.3) is 0 Å². The smallest absolute Gasteiger partial charge is 0.142 e. The molecule has 3 fully saturated rings. The lowest BCUT2D eigenvalue weighted by Gasteiger charge is -2.45. The molecular formula is C23H41N7O3. The van der Waals surface area contributed by atoms with E-state index in [2.05, 4.69) is 44.2 Å². The third-order valence-electron chi connectivity index (χ3n) is 7.11. The summed E-state index contributed by atoms with van der Waals surface area (Å²) in [7, 11) is 4.06. The van der Waals surface area contributed by atoms with Gasteiger partial charge in [0.15, 0.2) is 0 Å². The van der Waals surface area contributed by atoms with Crippen LogP contribution in [0.15, 0.2) is 30.3 Å². The van der Waals surface area contributed by atoms with Crippen molar-refractivity contribution in [2.75, 3.05) is 58.9 Å². The Hall–Kier alpha value is -1.34. The van der Waals surface area contributed by atoms with Crippen molar-refractivity contribution in [3.8, 4) is 0 Å². The quantitative estimate of drug-likeness (QED) is 0.310. The first kappa shape index (κ1) is 24.8. The SMILES string of the molecule is CCCN1CNC2C(C1N)N(C)CN2[C@@H]1O[C@H](CN(C)CCNc2ccccc2)[C@@H](O)[C@H]1O. The molecule has 1 aromatic carbocycles. The van der Waals surface area contributed by atoms with Gasteiger partial charge in [0.2, 0.25) is 0 Å². The van der Waals surface area contributed by atoms with Gasteiger partial charge in [0.05, 0.1) is 31.7 Å². The summed E-state index contributed by atoms with van der Waals surface area (Å²) in [5.41, 5.74) is 7.68. The van der Waals surface area contributed by atoms with Crippen LogP contribution in [-0.4, -0.2) is 126 Å². The van der Waals surface area contributed by atoms with Crippen LogP contribution < -0.4 is 16.4 Å². The van der Waals surface area contributed by atoms with Crippen LogP contribution in [0.1, 0.15) is 13.3 Å². The summed E-state index contributed by atoms with van der Waals surface area (Å²) in [5, 5.41) is 28.6. The van der Waals surface area contributed by atoms with Crippen molar-refractivity contribution in [1.29, 1.82) is 0 Å². The molecule has 3 heterocycles. The summed E-state index contributed by atoms with van der Waals surface area (Å²) in [6, 6.07) is 10.2. The number of benzene rings is 1. The van der Waals surface area contributed by atoms with Crippen molar-refractivity contribution < 1.29 is 14.9 Å². The molecule has 0 spiro atoms. The van der Waals surface area contributed by atoms with E-state index in [4.69, 9.17) is 10.5 Å². The van der Waals surface area contributed by atoms with Crippen molar-refractivity contribution in [3.05, 3.63) is 30.3 Å². The molecule has 10 heteroatoms. The van der Waals surface area contributed by atoms with Crippen molar-refractivity contribution in [2.45, 2.75) is 56.3 Å². The van der Waals surface area contributed by atoms with Crippen LogP contribution in [0.3, 0.4) is 0 Å². The molecule has 186 valence electrons. The average Bonchev–Trinajstić information content (AvgIpc) is 3.28. The van der Waals surface area contributed by atoms with E-state index in [1.165, 1.54) is 0 Å². The monoisotopic (exact) mass is 463 g/mol. The van der Waals surface area contributed by atoms with E-state index >= 15 is 0 Å². The maximum Gasteiger partial charge on any atom is 0.142 e. The van der Waals surface area contributed by atoms with E-state index in [1.54, 1.807) is 0 Å². The zero-order chi connectivity index (χ0) is 23.5. The van der Waals surface area contributed by atoms with Crippen LogP contribution in [0, 0.1) is 0 Å². The molecule has 3 aliphatic rings. The molecule has 0 bridgehead atoms. The number of hydrogen-bond acceptors (Lipinski definition) is 10. The molecule has 6 N–H and O–H groups in total. The summed E-state index contributed by atoms with van der Waals surface area (Å²) < 4.78 is 6.25. The lowest BCUT2D eigenvalue weighted by molar-refractivity contribution is -0.111. The second-order valence-corrected chi connectivity index (χ2v) is 9.61. The molecule has 3 aliphatic heterocycles. The van der Waals surface area contributed by atoms with Crippen LogP contribution in [0.4, 0.5) is 5.69 Å². The van der Waals surface area contributed by atoms with Gasteiger partial charge >= 0.3 is 0 Å². The van der Waals surface area contributed by atoms with Crippen molar-refractivity contribution in [2.24, 2.45) is 5.73 Å². The first-order chi connectivity index (χ1) is 15.9. The van der Waals surface area contributed by atoms with Gasteiger partial charge in [0.1, 0.15) is 24.5 Å². The number of para-hydroxylation sites is 1. The van der Waals surface area contributed by atoms with Crippen LogP contribution in [0.5, 0.6) is 0 Å². The van der Waals surface area contributed by atoms with Gasteiger partial charge in [-0.25, -0.2) is 4.90 Å². The van der Waals surface area contributed by atoms with Crippen LogP contribution in [0.2, 0.25) is 0 Å². The van der Waals surface area contributed by atoms with Gasteiger partial charge in [0, 0.05) is 31.9 Å². The van der Waals surface area contributed by atoms with Crippen molar-refractivity contribution in [1.82, 2.24) is 24.9 Å². The second-order valence-electron chi connectivity index (χ2n) is 9.61. The Morgan fingerprint density at radius 1 is 1.24 bits per heavy atom. The Labute approximate surface area is 197 Å². The lowest BCUT2D eigenvalue weighted by atomic mass is 10.1. The fourth-order valence-corrected chi connectivity index (χ4v) is 5.35. The molecule has 10 nitrogen and oxygen atoms in total. The summed E-state index contributed by atoms with van der Waals surface area (Å²) in [6.07, 6.45) is -2.00. The number of likely N-dealkylation sites (N-methyl/N-ethyl adjacent to an activating group) is 2. The van der Waals surface area contributed by atoms with Crippen LogP contribution >= 0.6 is 0 Å². The average molecular weight is 464 g/mol. The highest BCUT2D eigenvalue weighted by Gasteiger charge is 2.54. The van der Waals surface area contributed by atoms with Crippen molar-refractivity contribution >= 4 is 5.69 Å². The number of nitrogens with one attached hydrogen (secondary N) is 2. The standard InChI is InChI=1S/C23H41N7O3/c1-4-11-29-14-26-22-18(21(29)24)28(3)15-30(22)23-20(32)19(31)17(33-23)13-27(2)12-10-25-16-8-6-5-7-9-16/h5-9,17-23,25-26,31-32H,4,10-15,24H2,1-3H3/t17-,18?,19-,20-,21?,22?,23-/m1/s1. The number of nitrogens with two attached hydrogens (primary N) is 1. The molecule has 0 saturated carbocycles. The number of anilines is 1. The Bertz CT molecular complexity index is 744. The Morgan fingerprint density at radius 2 is 2.00 bits per heavy atom. The molecule has 0 amide bonds. The Balaban J connectivity index is 1.32. The number of hydrogen-bond donors (Lipinski definition) is 5. The highest BCUT2D eigenvalue weighted by Crippen LogP contribution is 2.32. The highest BCUT2D eigenvalue weighted by molar-refractivity contribution is 5.42. The van der Waals surface area contributed by atoms with Gasteiger partial charge in [-0.15, -0.1) is 0 Å². The Morgan fingerprint density at radius 3 is 2.73 bits per heavy atom. The molecule has 7 atom stereocenters. The minimum atomic E-state index is -0.968. The maximum absolute atomic E-state index is 10.9. The largest absolute Gasteiger partial charge is 0.387 e. The van der Waals surface area contributed by atoms with E-state index in [9.17, 15) is 10.2 Å². The topological polar surface area (TPSA) is 113 Å².